The molecule has 9 heteroatoms. The van der Waals surface area contributed by atoms with Crippen LogP contribution in [0.3, 0.4) is 0 Å². The van der Waals surface area contributed by atoms with E-state index in [0.717, 1.165) is 27.0 Å². The van der Waals surface area contributed by atoms with Gasteiger partial charge in [-0.2, -0.15) is 4.98 Å². The third kappa shape index (κ3) is 2.96. The summed E-state index contributed by atoms with van der Waals surface area (Å²) in [5, 5.41) is 12.5. The van der Waals surface area contributed by atoms with Gasteiger partial charge in [-0.15, -0.1) is 10.2 Å². The van der Waals surface area contributed by atoms with Crippen LogP contribution >= 0.6 is 27.7 Å². The van der Waals surface area contributed by atoms with Crippen molar-refractivity contribution in [1.29, 1.82) is 0 Å². The van der Waals surface area contributed by atoms with E-state index in [1.165, 1.54) is 11.8 Å². The summed E-state index contributed by atoms with van der Waals surface area (Å²) in [5.74, 6) is 1.86. The van der Waals surface area contributed by atoms with Crippen LogP contribution in [0.15, 0.2) is 46.0 Å². The molecule has 2 aliphatic rings. The Bertz CT molecular complexity index is 1050. The lowest BCUT2D eigenvalue weighted by Crippen LogP contribution is -2.17. The lowest BCUT2D eigenvalue weighted by Gasteiger charge is -2.19. The molecular weight excluding hydrogens is 432 g/mol. The number of nitrogens with one attached hydrogen (secondary N) is 1. The fourth-order valence-electron chi connectivity index (χ4n) is 2.98. The van der Waals surface area contributed by atoms with Crippen molar-refractivity contribution in [3.05, 3.63) is 46.4 Å². The Morgan fingerprint density at radius 2 is 2.00 bits per heavy atom. The lowest BCUT2D eigenvalue weighted by atomic mass is 10.1. The third-order valence-corrected chi connectivity index (χ3v) is 5.30. The summed E-state index contributed by atoms with van der Waals surface area (Å²) >= 11 is 4.93. The molecule has 1 aromatic heterocycles. The second kappa shape index (κ2) is 6.58. The van der Waals surface area contributed by atoms with Crippen molar-refractivity contribution >= 4 is 33.4 Å². The Balaban J connectivity index is 1.64. The summed E-state index contributed by atoms with van der Waals surface area (Å²) in [5.41, 5.74) is 3.24. The number of anilines is 1. The molecule has 2 aromatic carbocycles. The van der Waals surface area contributed by atoms with Crippen LogP contribution in [-0.2, 0) is 0 Å². The van der Waals surface area contributed by atoms with E-state index in [-0.39, 0.29) is 6.79 Å². The largest absolute Gasteiger partial charge is 0.454 e. The minimum absolute atomic E-state index is 0.228. The van der Waals surface area contributed by atoms with Gasteiger partial charge in [0.15, 0.2) is 23.4 Å². The van der Waals surface area contributed by atoms with Gasteiger partial charge in [-0.25, -0.2) is 0 Å². The maximum atomic E-state index is 6.22. The number of halogens is 1. The van der Waals surface area contributed by atoms with E-state index in [2.05, 4.69) is 36.4 Å². The van der Waals surface area contributed by atoms with Gasteiger partial charge in [0.25, 0.3) is 0 Å². The molecule has 0 bridgehead atoms. The van der Waals surface area contributed by atoms with Crippen molar-refractivity contribution in [2.24, 2.45) is 0 Å². The smallest absolute Gasteiger partial charge is 0.247 e. The predicted molar refractivity (Wildman–Crippen MR) is 104 cm³/mol. The van der Waals surface area contributed by atoms with Crippen molar-refractivity contribution < 1.29 is 14.2 Å². The van der Waals surface area contributed by atoms with Gasteiger partial charge in [-0.3, -0.25) is 0 Å². The zero-order chi connectivity index (χ0) is 18.4. The molecule has 1 N–H and O–H groups in total. The number of fused-ring (bicyclic) bond motifs is 4. The molecule has 27 heavy (non-hydrogen) atoms. The van der Waals surface area contributed by atoms with Gasteiger partial charge in [-0.1, -0.05) is 27.7 Å². The van der Waals surface area contributed by atoms with Gasteiger partial charge >= 0.3 is 0 Å². The second-order valence-corrected chi connectivity index (χ2v) is 7.59. The van der Waals surface area contributed by atoms with Gasteiger partial charge in [0.05, 0.1) is 0 Å². The van der Waals surface area contributed by atoms with Crippen LogP contribution in [0.2, 0.25) is 0 Å². The Morgan fingerprint density at radius 1 is 1.11 bits per heavy atom. The van der Waals surface area contributed by atoms with Crippen molar-refractivity contribution in [2.45, 2.75) is 11.4 Å². The number of thioether (sulfide) groups is 1. The second-order valence-electron chi connectivity index (χ2n) is 5.90. The highest BCUT2D eigenvalue weighted by molar-refractivity contribution is 9.10. The average molecular weight is 445 g/mol. The predicted octanol–water partition coefficient (Wildman–Crippen LogP) is 4.25. The minimum Gasteiger partial charge on any atom is -0.454 e. The standard InChI is InChI=1S/C18H13BrN4O3S/c1-27-18-21-17-15(22-23-18)11-7-10(19)3-4-12(11)20-16(26-17)9-2-5-13-14(6-9)25-8-24-13/h2-7,16,20H,8H2,1H3/t16-/m0/s1. The summed E-state index contributed by atoms with van der Waals surface area (Å²) in [6, 6.07) is 11.6. The molecule has 0 aliphatic carbocycles. The summed E-state index contributed by atoms with van der Waals surface area (Å²) in [6.07, 6.45) is 1.44. The van der Waals surface area contributed by atoms with E-state index in [0.29, 0.717) is 22.5 Å². The van der Waals surface area contributed by atoms with Crippen LogP contribution in [0, 0.1) is 0 Å². The Labute approximate surface area is 167 Å². The van der Waals surface area contributed by atoms with Gasteiger partial charge in [-0.05, 0) is 42.7 Å². The third-order valence-electron chi connectivity index (χ3n) is 4.27. The molecule has 3 heterocycles. The van der Waals surface area contributed by atoms with Crippen LogP contribution in [-0.4, -0.2) is 28.2 Å². The number of aromatic nitrogens is 3. The van der Waals surface area contributed by atoms with Gasteiger partial charge in [0.1, 0.15) is 0 Å². The first-order valence-electron chi connectivity index (χ1n) is 8.12. The van der Waals surface area contributed by atoms with E-state index in [1.807, 2.05) is 42.7 Å². The molecule has 136 valence electrons. The molecule has 0 spiro atoms. The van der Waals surface area contributed by atoms with Crippen molar-refractivity contribution in [1.82, 2.24) is 15.2 Å². The summed E-state index contributed by atoms with van der Waals surface area (Å²) < 4.78 is 18.1. The van der Waals surface area contributed by atoms with Crippen LogP contribution in [0.5, 0.6) is 17.4 Å². The first-order chi connectivity index (χ1) is 13.2. The molecule has 0 saturated heterocycles. The summed E-state index contributed by atoms with van der Waals surface area (Å²) in [7, 11) is 0. The van der Waals surface area contributed by atoms with Crippen molar-refractivity contribution in [3.8, 4) is 28.6 Å². The zero-order valence-corrected chi connectivity index (χ0v) is 16.5. The van der Waals surface area contributed by atoms with Crippen LogP contribution in [0.1, 0.15) is 11.8 Å². The Hall–Kier alpha value is -2.52. The number of ether oxygens (including phenoxy) is 3. The number of hydrogen-bond acceptors (Lipinski definition) is 8. The Kier molecular flexibility index (Phi) is 4.05. The highest BCUT2D eigenvalue weighted by atomic mass is 79.9. The zero-order valence-electron chi connectivity index (χ0n) is 14.1. The molecule has 1 atom stereocenters. The van der Waals surface area contributed by atoms with E-state index in [9.17, 15) is 0 Å². The van der Waals surface area contributed by atoms with Crippen molar-refractivity contribution in [3.63, 3.8) is 0 Å². The van der Waals surface area contributed by atoms with Crippen LogP contribution in [0.25, 0.3) is 11.3 Å². The van der Waals surface area contributed by atoms with E-state index in [4.69, 9.17) is 14.2 Å². The molecule has 5 rings (SSSR count). The van der Waals surface area contributed by atoms with Gasteiger partial charge < -0.3 is 19.5 Å². The van der Waals surface area contributed by atoms with Crippen LogP contribution < -0.4 is 19.5 Å². The molecule has 0 radical (unpaired) electrons. The molecule has 0 saturated carbocycles. The maximum absolute atomic E-state index is 6.22. The topological polar surface area (TPSA) is 78.4 Å². The normalized spacial score (nSPS) is 16.6. The lowest BCUT2D eigenvalue weighted by molar-refractivity contribution is 0.173. The van der Waals surface area contributed by atoms with E-state index in [1.54, 1.807) is 0 Å². The SMILES string of the molecule is CSc1nnc2c(n1)O[C@@H](c1ccc3c(c1)OCO3)Nc1ccc(Br)cc1-2. The summed E-state index contributed by atoms with van der Waals surface area (Å²) in [6.45, 7) is 0.228. The van der Waals surface area contributed by atoms with E-state index >= 15 is 0 Å². The molecule has 0 unspecified atom stereocenters. The van der Waals surface area contributed by atoms with Crippen molar-refractivity contribution in [2.75, 3.05) is 18.4 Å². The van der Waals surface area contributed by atoms with Gasteiger partial charge in [0, 0.05) is 21.3 Å². The number of benzene rings is 2. The highest BCUT2D eigenvalue weighted by Crippen LogP contribution is 2.42. The molecular formula is C18H13BrN4O3S. The van der Waals surface area contributed by atoms with Crippen LogP contribution in [0.4, 0.5) is 5.69 Å². The number of hydrogen-bond donors (Lipinski definition) is 1. The quantitative estimate of drug-likeness (QED) is 0.587. The fourth-order valence-corrected chi connectivity index (χ4v) is 3.64. The molecule has 7 nitrogen and oxygen atoms in total. The van der Waals surface area contributed by atoms with E-state index < -0.39 is 6.23 Å². The monoisotopic (exact) mass is 444 g/mol. The minimum atomic E-state index is -0.466. The fraction of sp³-hybridized carbons (Fsp3) is 0.167. The molecule has 3 aromatic rings. The highest BCUT2D eigenvalue weighted by Gasteiger charge is 2.27. The summed E-state index contributed by atoms with van der Waals surface area (Å²) in [4.78, 5) is 4.52. The molecule has 0 fully saturated rings. The number of rotatable bonds is 2. The average Bonchev–Trinajstić information content (AvgIpc) is 3.10. The molecule has 2 aliphatic heterocycles. The first-order valence-corrected chi connectivity index (χ1v) is 10.1. The first kappa shape index (κ1) is 16.6. The molecule has 0 amide bonds. The number of nitrogens with zero attached hydrogens (tertiary/aromatic N) is 3. The van der Waals surface area contributed by atoms with Gasteiger partial charge in [0.2, 0.25) is 17.8 Å². The Morgan fingerprint density at radius 3 is 2.89 bits per heavy atom. The maximum Gasteiger partial charge on any atom is 0.247 e.